The predicted molar refractivity (Wildman–Crippen MR) is 102 cm³/mol. The third-order valence-corrected chi connectivity index (χ3v) is 5.95. The van der Waals surface area contributed by atoms with Gasteiger partial charge in [-0.2, -0.15) is 0 Å². The summed E-state index contributed by atoms with van der Waals surface area (Å²) in [7, 11) is 1.43. The van der Waals surface area contributed by atoms with Crippen LogP contribution in [0.2, 0.25) is 0 Å². The molecule has 1 fully saturated rings. The van der Waals surface area contributed by atoms with Crippen LogP contribution < -0.4 is 0 Å². The summed E-state index contributed by atoms with van der Waals surface area (Å²) >= 11 is 0. The maximum atomic E-state index is 11.8. The molecule has 3 rings (SSSR count). The monoisotopic (exact) mass is 346 g/mol. The van der Waals surface area contributed by atoms with E-state index in [1.807, 2.05) is 12.1 Å². The summed E-state index contributed by atoms with van der Waals surface area (Å²) in [6.07, 6.45) is 8.42. The summed E-state index contributed by atoms with van der Waals surface area (Å²) in [5.41, 5.74) is 3.56. The molecule has 0 spiro atoms. The fourth-order valence-electron chi connectivity index (χ4n) is 4.77. The first-order chi connectivity index (χ1) is 12.0. The van der Waals surface area contributed by atoms with Gasteiger partial charge in [-0.15, -0.1) is 0 Å². The third-order valence-electron chi connectivity index (χ3n) is 5.95. The topological polar surface area (TPSA) is 46.5 Å². The van der Waals surface area contributed by atoms with Gasteiger partial charge in [-0.3, -0.25) is 0 Å². The largest absolute Gasteiger partial charge is 0.465 e. The van der Waals surface area contributed by atoms with E-state index in [4.69, 9.17) is 4.74 Å². The molecule has 0 aliphatic heterocycles. The zero-order valence-electron chi connectivity index (χ0n) is 16.3. The van der Waals surface area contributed by atoms with Gasteiger partial charge in [-0.1, -0.05) is 33.3 Å². The number of esters is 1. The van der Waals surface area contributed by atoms with Crippen LogP contribution in [0.25, 0.3) is 0 Å². The van der Waals surface area contributed by atoms with E-state index < -0.39 is 0 Å². The first-order valence-corrected chi connectivity index (χ1v) is 9.92. The van der Waals surface area contributed by atoms with Gasteiger partial charge in [-0.05, 0) is 79.5 Å². The number of aliphatic hydroxyl groups excluding tert-OH is 1. The fraction of sp³-hybridized carbons (Fsp3) is 0.682. The molecule has 0 aromatic heterocycles. The molecule has 0 saturated heterocycles. The van der Waals surface area contributed by atoms with Gasteiger partial charge in [0.1, 0.15) is 0 Å². The summed E-state index contributed by atoms with van der Waals surface area (Å²) in [6.45, 7) is 6.52. The SMILES string of the molecule is CCC.CCC12CCC(O)CC1CCCc1cc(C(=O)OC)ccc12. The Balaban J connectivity index is 0.000000701. The standard InChI is InChI=1S/C19H26O3.C3H8/c1-3-19-10-9-16(20)12-15(19)6-4-5-13-11-14(18(21)22-2)7-8-17(13)19;1-3-2/h7-8,11,15-16,20H,3-6,9-10,12H2,1-2H3;3H2,1-2H3. The van der Waals surface area contributed by atoms with E-state index in [0.717, 1.165) is 38.5 Å². The Labute approximate surface area is 152 Å². The molecule has 1 saturated carbocycles. The number of carbonyl (C=O) groups excluding carboxylic acids is 1. The first kappa shape index (κ1) is 20.0. The zero-order valence-corrected chi connectivity index (χ0v) is 16.3. The van der Waals surface area contributed by atoms with E-state index in [2.05, 4.69) is 26.8 Å². The number of methoxy groups -OCH3 is 1. The van der Waals surface area contributed by atoms with Gasteiger partial charge >= 0.3 is 5.97 Å². The van der Waals surface area contributed by atoms with Gasteiger partial charge in [-0.25, -0.2) is 4.79 Å². The molecule has 1 N–H and O–H groups in total. The van der Waals surface area contributed by atoms with E-state index in [-0.39, 0.29) is 17.5 Å². The molecule has 3 nitrogen and oxygen atoms in total. The second-order valence-electron chi connectivity index (χ2n) is 7.60. The van der Waals surface area contributed by atoms with Crippen molar-refractivity contribution in [1.82, 2.24) is 0 Å². The highest BCUT2D eigenvalue weighted by Gasteiger charge is 2.44. The van der Waals surface area contributed by atoms with Crippen molar-refractivity contribution in [3.63, 3.8) is 0 Å². The van der Waals surface area contributed by atoms with Crippen molar-refractivity contribution in [2.45, 2.75) is 83.7 Å². The fourth-order valence-corrected chi connectivity index (χ4v) is 4.77. The second-order valence-corrected chi connectivity index (χ2v) is 7.60. The minimum atomic E-state index is -0.256. The lowest BCUT2D eigenvalue weighted by atomic mass is 9.59. The highest BCUT2D eigenvalue weighted by Crippen LogP contribution is 2.51. The Bertz CT molecular complexity index is 581. The first-order valence-electron chi connectivity index (χ1n) is 9.92. The molecule has 1 aromatic carbocycles. The van der Waals surface area contributed by atoms with E-state index in [0.29, 0.717) is 11.5 Å². The Kier molecular flexibility index (Phi) is 7.06. The molecule has 140 valence electrons. The number of benzene rings is 1. The Hall–Kier alpha value is -1.35. The molecule has 3 atom stereocenters. The highest BCUT2D eigenvalue weighted by atomic mass is 16.5. The maximum Gasteiger partial charge on any atom is 0.337 e. The third kappa shape index (κ3) is 4.08. The molecule has 2 aliphatic rings. The van der Waals surface area contributed by atoms with Crippen molar-refractivity contribution in [3.05, 3.63) is 34.9 Å². The molecule has 2 aliphatic carbocycles. The van der Waals surface area contributed by atoms with Crippen LogP contribution >= 0.6 is 0 Å². The molecule has 0 bridgehead atoms. The van der Waals surface area contributed by atoms with Crippen LogP contribution in [0.15, 0.2) is 18.2 Å². The summed E-state index contributed by atoms with van der Waals surface area (Å²) < 4.78 is 4.86. The number of fused-ring (bicyclic) bond motifs is 3. The van der Waals surface area contributed by atoms with Crippen molar-refractivity contribution in [1.29, 1.82) is 0 Å². The summed E-state index contributed by atoms with van der Waals surface area (Å²) in [5.74, 6) is 0.305. The smallest absolute Gasteiger partial charge is 0.337 e. The zero-order chi connectivity index (χ0) is 18.4. The van der Waals surface area contributed by atoms with Crippen LogP contribution in [0.1, 0.15) is 87.2 Å². The number of carbonyl (C=O) groups is 1. The van der Waals surface area contributed by atoms with Gasteiger partial charge < -0.3 is 9.84 Å². The van der Waals surface area contributed by atoms with Crippen LogP contribution in [-0.4, -0.2) is 24.3 Å². The Morgan fingerprint density at radius 3 is 2.64 bits per heavy atom. The summed E-state index contributed by atoms with van der Waals surface area (Å²) in [6, 6.07) is 6.10. The highest BCUT2D eigenvalue weighted by molar-refractivity contribution is 5.89. The van der Waals surface area contributed by atoms with E-state index >= 15 is 0 Å². The number of hydrogen-bond acceptors (Lipinski definition) is 3. The van der Waals surface area contributed by atoms with Crippen molar-refractivity contribution >= 4 is 5.97 Å². The van der Waals surface area contributed by atoms with Crippen molar-refractivity contribution < 1.29 is 14.6 Å². The predicted octanol–water partition coefficient (Wildman–Crippen LogP) is 5.03. The summed E-state index contributed by atoms with van der Waals surface area (Å²) in [5, 5.41) is 10.1. The van der Waals surface area contributed by atoms with Gasteiger partial charge in [0.15, 0.2) is 0 Å². The van der Waals surface area contributed by atoms with Crippen LogP contribution in [0.3, 0.4) is 0 Å². The number of ether oxygens (including phenoxy) is 1. The quantitative estimate of drug-likeness (QED) is 0.764. The van der Waals surface area contributed by atoms with Gasteiger partial charge in [0.05, 0.1) is 18.8 Å². The average molecular weight is 347 g/mol. The van der Waals surface area contributed by atoms with Crippen LogP contribution in [0.5, 0.6) is 0 Å². The van der Waals surface area contributed by atoms with E-state index in [9.17, 15) is 9.90 Å². The lowest BCUT2D eigenvalue weighted by Gasteiger charge is -2.46. The van der Waals surface area contributed by atoms with Crippen LogP contribution in [0.4, 0.5) is 0 Å². The number of aliphatic hydroxyl groups is 1. The molecule has 0 heterocycles. The second kappa shape index (κ2) is 8.84. The molecule has 1 aromatic rings. The molecule has 3 heteroatoms. The van der Waals surface area contributed by atoms with E-state index in [1.165, 1.54) is 31.1 Å². The lowest BCUT2D eigenvalue weighted by molar-refractivity contribution is 0.0451. The normalized spacial score (nSPS) is 27.9. The summed E-state index contributed by atoms with van der Waals surface area (Å²) in [4.78, 5) is 11.8. The lowest BCUT2D eigenvalue weighted by Crippen LogP contribution is -2.41. The molecular formula is C22H34O3. The molecular weight excluding hydrogens is 312 g/mol. The van der Waals surface area contributed by atoms with Gasteiger partial charge in [0.2, 0.25) is 0 Å². The van der Waals surface area contributed by atoms with Crippen LogP contribution in [-0.2, 0) is 16.6 Å². The molecule has 0 amide bonds. The minimum Gasteiger partial charge on any atom is -0.465 e. The van der Waals surface area contributed by atoms with Crippen molar-refractivity contribution in [2.75, 3.05) is 7.11 Å². The molecule has 3 unspecified atom stereocenters. The molecule has 0 radical (unpaired) electrons. The van der Waals surface area contributed by atoms with Crippen molar-refractivity contribution in [2.24, 2.45) is 5.92 Å². The molecule has 25 heavy (non-hydrogen) atoms. The number of hydrogen-bond donors (Lipinski definition) is 1. The van der Waals surface area contributed by atoms with E-state index in [1.54, 1.807) is 0 Å². The average Bonchev–Trinajstić information content (AvgIpc) is 2.77. The minimum absolute atomic E-state index is 0.138. The number of rotatable bonds is 2. The maximum absolute atomic E-state index is 11.8. The van der Waals surface area contributed by atoms with Gasteiger partial charge in [0.25, 0.3) is 0 Å². The van der Waals surface area contributed by atoms with Crippen molar-refractivity contribution in [3.8, 4) is 0 Å². The number of aryl methyl sites for hydroxylation is 1. The van der Waals surface area contributed by atoms with Crippen LogP contribution in [0, 0.1) is 5.92 Å². The Morgan fingerprint density at radius 2 is 2.00 bits per heavy atom. The Morgan fingerprint density at radius 1 is 1.28 bits per heavy atom. The van der Waals surface area contributed by atoms with Gasteiger partial charge in [0, 0.05) is 0 Å².